The fourth-order valence-electron chi connectivity index (χ4n) is 3.86. The van der Waals surface area contributed by atoms with Crippen molar-refractivity contribution in [1.82, 2.24) is 4.98 Å². The summed E-state index contributed by atoms with van der Waals surface area (Å²) in [6, 6.07) is 23.5. The molecule has 0 saturated carbocycles. The van der Waals surface area contributed by atoms with Gasteiger partial charge < -0.3 is 4.98 Å². The van der Waals surface area contributed by atoms with Gasteiger partial charge in [-0.25, -0.2) is 0 Å². The van der Waals surface area contributed by atoms with Crippen LogP contribution in [0.2, 0.25) is 0 Å². The number of aliphatic imine (C=N–C) groups is 1. The summed E-state index contributed by atoms with van der Waals surface area (Å²) < 4.78 is 41.0. The van der Waals surface area contributed by atoms with Crippen LogP contribution in [0.3, 0.4) is 0 Å². The van der Waals surface area contributed by atoms with Crippen molar-refractivity contribution in [2.24, 2.45) is 4.99 Å². The van der Waals surface area contributed by atoms with E-state index in [1.807, 2.05) is 36.4 Å². The number of benzene rings is 3. The number of isothiocyanates is 1. The van der Waals surface area contributed by atoms with E-state index >= 15 is 0 Å². The molecule has 1 heterocycles. The molecule has 1 aromatic heterocycles. The maximum Gasteiger partial charge on any atom is 0.390 e. The molecular formula is C24H17F3N2S. The molecule has 0 saturated heterocycles. The molecule has 0 aliphatic carbocycles. The van der Waals surface area contributed by atoms with Gasteiger partial charge in [0.2, 0.25) is 0 Å². The standard InChI is InChI=1S/C24H17F3N2S/c25-24(26,27)14-19(16-8-3-1-4-9-16)21-18-12-7-13-20(28-15-30)23(18)29-22(21)17-10-5-2-6-11-17/h1-13,19,29H,14H2. The number of alkyl halides is 3. The minimum Gasteiger partial charge on any atom is -0.352 e. The summed E-state index contributed by atoms with van der Waals surface area (Å²) in [7, 11) is 0. The minimum absolute atomic E-state index is 0.546. The minimum atomic E-state index is -4.33. The van der Waals surface area contributed by atoms with Crippen LogP contribution in [-0.4, -0.2) is 16.3 Å². The maximum absolute atomic E-state index is 13.7. The quantitative estimate of drug-likeness (QED) is 0.260. The van der Waals surface area contributed by atoms with Crippen LogP contribution in [-0.2, 0) is 0 Å². The first-order valence-corrected chi connectivity index (χ1v) is 9.78. The third-order valence-corrected chi connectivity index (χ3v) is 5.16. The van der Waals surface area contributed by atoms with Crippen LogP contribution in [0.25, 0.3) is 22.2 Å². The molecule has 0 aliphatic heterocycles. The molecule has 0 radical (unpaired) electrons. The van der Waals surface area contributed by atoms with Crippen LogP contribution in [0.4, 0.5) is 18.9 Å². The summed E-state index contributed by atoms with van der Waals surface area (Å²) in [5.41, 5.74) is 3.86. The highest BCUT2D eigenvalue weighted by Crippen LogP contribution is 2.45. The lowest BCUT2D eigenvalue weighted by molar-refractivity contribution is -0.136. The van der Waals surface area contributed by atoms with Gasteiger partial charge >= 0.3 is 6.18 Å². The summed E-state index contributed by atoms with van der Waals surface area (Å²) in [4.78, 5) is 7.42. The predicted octanol–water partition coefficient (Wildman–Crippen LogP) is 7.65. The van der Waals surface area contributed by atoms with E-state index in [4.69, 9.17) is 12.2 Å². The third-order valence-electron chi connectivity index (χ3n) is 5.07. The molecule has 0 fully saturated rings. The Bertz CT molecular complexity index is 1210. The van der Waals surface area contributed by atoms with Crippen LogP contribution in [0.1, 0.15) is 23.5 Å². The number of H-pyrrole nitrogens is 1. The Hall–Kier alpha value is -3.21. The van der Waals surface area contributed by atoms with E-state index in [2.05, 4.69) is 15.1 Å². The van der Waals surface area contributed by atoms with Gasteiger partial charge in [-0.2, -0.15) is 18.2 Å². The van der Waals surface area contributed by atoms with Crippen LogP contribution >= 0.6 is 12.2 Å². The average molecular weight is 422 g/mol. The Balaban J connectivity index is 2.06. The van der Waals surface area contributed by atoms with Crippen molar-refractivity contribution in [1.29, 1.82) is 0 Å². The van der Waals surface area contributed by atoms with Gasteiger partial charge in [0.25, 0.3) is 0 Å². The smallest absolute Gasteiger partial charge is 0.352 e. The highest BCUT2D eigenvalue weighted by molar-refractivity contribution is 7.78. The van der Waals surface area contributed by atoms with Crippen molar-refractivity contribution >= 4 is 34.0 Å². The van der Waals surface area contributed by atoms with Crippen LogP contribution in [0.15, 0.2) is 83.9 Å². The summed E-state index contributed by atoms with van der Waals surface area (Å²) in [6.07, 6.45) is -5.30. The lowest BCUT2D eigenvalue weighted by Crippen LogP contribution is -2.15. The van der Waals surface area contributed by atoms with Crippen molar-refractivity contribution in [3.05, 3.63) is 90.0 Å². The van der Waals surface area contributed by atoms with Crippen molar-refractivity contribution in [3.8, 4) is 11.3 Å². The Morgan fingerprint density at radius 1 is 0.900 bits per heavy atom. The normalized spacial score (nSPS) is 12.5. The summed E-state index contributed by atoms with van der Waals surface area (Å²) >= 11 is 4.75. The summed E-state index contributed by atoms with van der Waals surface area (Å²) in [5, 5.41) is 3.05. The molecule has 150 valence electrons. The second-order valence-electron chi connectivity index (χ2n) is 6.97. The number of para-hydroxylation sites is 1. The molecule has 4 aromatic rings. The molecule has 2 nitrogen and oxygen atoms in total. The number of halogens is 3. The Labute approximate surface area is 177 Å². The Kier molecular flexibility index (Phi) is 5.53. The molecule has 1 N–H and O–H groups in total. The zero-order chi connectivity index (χ0) is 21.1. The van der Waals surface area contributed by atoms with E-state index in [0.29, 0.717) is 33.4 Å². The number of fused-ring (bicyclic) bond motifs is 1. The molecule has 0 bridgehead atoms. The zero-order valence-electron chi connectivity index (χ0n) is 15.8. The van der Waals surface area contributed by atoms with E-state index in [1.165, 1.54) is 0 Å². The van der Waals surface area contributed by atoms with Gasteiger partial charge in [0.1, 0.15) is 0 Å². The zero-order valence-corrected chi connectivity index (χ0v) is 16.6. The van der Waals surface area contributed by atoms with E-state index < -0.39 is 18.5 Å². The summed E-state index contributed by atoms with van der Waals surface area (Å²) in [5.74, 6) is -0.873. The molecule has 0 amide bonds. The molecule has 1 atom stereocenters. The first kappa shape index (κ1) is 20.1. The van der Waals surface area contributed by atoms with Crippen molar-refractivity contribution in [2.45, 2.75) is 18.5 Å². The molecule has 1 unspecified atom stereocenters. The number of thiocarbonyl (C=S) groups is 1. The topological polar surface area (TPSA) is 28.1 Å². The van der Waals surface area contributed by atoms with Crippen LogP contribution in [0.5, 0.6) is 0 Å². The maximum atomic E-state index is 13.7. The van der Waals surface area contributed by atoms with E-state index in [0.717, 1.165) is 5.56 Å². The molecule has 6 heteroatoms. The van der Waals surface area contributed by atoms with E-state index in [1.54, 1.807) is 42.5 Å². The molecule has 0 aliphatic rings. The Morgan fingerprint density at radius 3 is 2.20 bits per heavy atom. The molecular weight excluding hydrogens is 405 g/mol. The molecule has 0 spiro atoms. The van der Waals surface area contributed by atoms with Gasteiger partial charge in [-0.1, -0.05) is 72.8 Å². The lowest BCUT2D eigenvalue weighted by Gasteiger charge is -2.21. The molecule has 30 heavy (non-hydrogen) atoms. The highest BCUT2D eigenvalue weighted by atomic mass is 32.1. The Morgan fingerprint density at radius 2 is 1.57 bits per heavy atom. The first-order chi connectivity index (χ1) is 14.5. The van der Waals surface area contributed by atoms with Gasteiger partial charge in [-0.15, -0.1) is 0 Å². The van der Waals surface area contributed by atoms with Crippen molar-refractivity contribution in [3.63, 3.8) is 0 Å². The van der Waals surface area contributed by atoms with Gasteiger partial charge in [0.05, 0.1) is 28.5 Å². The van der Waals surface area contributed by atoms with Crippen molar-refractivity contribution < 1.29 is 13.2 Å². The second kappa shape index (κ2) is 8.27. The monoisotopic (exact) mass is 422 g/mol. The SMILES string of the molecule is FC(F)(F)CC(c1ccccc1)c1c(-c2ccccc2)[nH]c2c(N=C=S)cccc12. The number of hydrogen-bond acceptors (Lipinski definition) is 2. The van der Waals surface area contributed by atoms with Gasteiger partial charge in [-0.3, -0.25) is 0 Å². The number of aromatic amines is 1. The number of hydrogen-bond donors (Lipinski definition) is 1. The van der Waals surface area contributed by atoms with E-state index in [-0.39, 0.29) is 0 Å². The number of rotatable bonds is 5. The number of nitrogens with zero attached hydrogens (tertiary/aromatic N) is 1. The third kappa shape index (κ3) is 4.06. The van der Waals surface area contributed by atoms with Gasteiger partial charge in [0, 0.05) is 11.3 Å². The largest absolute Gasteiger partial charge is 0.390 e. The first-order valence-electron chi connectivity index (χ1n) is 9.37. The van der Waals surface area contributed by atoms with Crippen LogP contribution in [0, 0.1) is 0 Å². The van der Waals surface area contributed by atoms with E-state index in [9.17, 15) is 13.2 Å². The summed E-state index contributed by atoms with van der Waals surface area (Å²) in [6.45, 7) is 0. The number of nitrogens with one attached hydrogen (secondary N) is 1. The average Bonchev–Trinajstić information content (AvgIpc) is 3.13. The fourth-order valence-corrected chi connectivity index (χ4v) is 3.96. The lowest BCUT2D eigenvalue weighted by atomic mass is 9.85. The number of aromatic nitrogens is 1. The second-order valence-corrected chi connectivity index (χ2v) is 7.15. The van der Waals surface area contributed by atoms with Gasteiger partial charge in [-0.05, 0) is 35.0 Å². The predicted molar refractivity (Wildman–Crippen MR) is 117 cm³/mol. The van der Waals surface area contributed by atoms with Crippen molar-refractivity contribution in [2.75, 3.05) is 0 Å². The van der Waals surface area contributed by atoms with Gasteiger partial charge in [0.15, 0.2) is 0 Å². The molecule has 3 aromatic carbocycles. The molecule has 4 rings (SSSR count). The van der Waals surface area contributed by atoms with Crippen LogP contribution < -0.4 is 0 Å². The fraction of sp³-hybridized carbons (Fsp3) is 0.125. The highest BCUT2D eigenvalue weighted by Gasteiger charge is 2.36.